The zero-order valence-corrected chi connectivity index (χ0v) is 15.7. The molecule has 0 N–H and O–H groups in total. The van der Waals surface area contributed by atoms with E-state index in [1.807, 2.05) is 30.3 Å². The Morgan fingerprint density at radius 2 is 1.88 bits per heavy atom. The quantitative estimate of drug-likeness (QED) is 0.400. The molecule has 1 aromatic heterocycles. The molecule has 1 heterocycles. The Morgan fingerprint density at radius 3 is 2.46 bits per heavy atom. The van der Waals surface area contributed by atoms with Gasteiger partial charge in [-0.15, -0.1) is 0 Å². The number of hydrogen-bond donors (Lipinski definition) is 0. The first-order valence-corrected chi connectivity index (χ1v) is 9.58. The Bertz CT molecular complexity index is 776. The first-order chi connectivity index (χ1) is 12.5. The summed E-state index contributed by atoms with van der Waals surface area (Å²) in [5.41, 5.74) is 0.686. The van der Waals surface area contributed by atoms with E-state index in [-0.39, 0.29) is 30.5 Å². The number of benzene rings is 1. The number of ether oxygens (including phenoxy) is 2. The molecule has 6 nitrogen and oxygen atoms in total. The number of hydrogen-bond acceptors (Lipinski definition) is 6. The zero-order valence-electron chi connectivity index (χ0n) is 14.8. The van der Waals surface area contributed by atoms with Gasteiger partial charge < -0.3 is 14.6 Å². The molecule has 0 spiro atoms. The average molecular weight is 372 g/mol. The number of rotatable bonds is 8. The van der Waals surface area contributed by atoms with Crippen molar-refractivity contribution in [2.75, 3.05) is 14.2 Å². The van der Waals surface area contributed by atoms with Crippen molar-refractivity contribution in [3.63, 3.8) is 0 Å². The van der Waals surface area contributed by atoms with Crippen molar-refractivity contribution in [2.24, 2.45) is 0 Å². The largest absolute Gasteiger partial charge is 0.873 e. The van der Waals surface area contributed by atoms with Crippen LogP contribution in [0, 0.1) is 0 Å². The smallest absolute Gasteiger partial charge is 0.316 e. The molecule has 1 aromatic carbocycles. The monoisotopic (exact) mass is 372 g/mol. The van der Waals surface area contributed by atoms with Crippen LogP contribution < -0.4 is 15.1 Å². The molecule has 0 aliphatic heterocycles. The molecule has 0 bridgehead atoms. The van der Waals surface area contributed by atoms with Crippen LogP contribution in [0.1, 0.15) is 24.3 Å². The molecule has 0 saturated heterocycles. The normalized spacial score (nSPS) is 13.0. The lowest BCUT2D eigenvalue weighted by atomic mass is 9.94. The van der Waals surface area contributed by atoms with E-state index in [0.717, 1.165) is 5.30 Å². The summed E-state index contributed by atoms with van der Waals surface area (Å²) in [5, 5.41) is 13.5. The first-order valence-electron chi connectivity index (χ1n) is 7.98. The molecule has 0 amide bonds. The van der Waals surface area contributed by atoms with Gasteiger partial charge in [0.2, 0.25) is 0 Å². The van der Waals surface area contributed by atoms with Gasteiger partial charge in [-0.25, -0.2) is 9.97 Å². The van der Waals surface area contributed by atoms with Gasteiger partial charge in [-0.2, -0.15) is 0 Å². The van der Waals surface area contributed by atoms with Gasteiger partial charge in [-0.1, -0.05) is 24.0 Å². The lowest BCUT2D eigenvalue weighted by molar-refractivity contribution is -0.307. The van der Waals surface area contributed by atoms with Crippen molar-refractivity contribution in [1.29, 1.82) is 0 Å². The van der Waals surface area contributed by atoms with E-state index in [1.54, 1.807) is 18.2 Å². The standard InChI is InChI=1S/C19H21N2O4P/c1-24-18(23)10-14(15-11-20-19(25-2)21-12-15)9-16(22)13-26(3)17-7-5-4-6-8-17/h4-8,11-14H,3,9-10H2,1-2H3/t14-/m0/s1. The van der Waals surface area contributed by atoms with E-state index in [1.165, 1.54) is 14.2 Å². The molecule has 0 radical (unpaired) electrons. The van der Waals surface area contributed by atoms with Crippen LogP contribution in [0.2, 0.25) is 0 Å². The van der Waals surface area contributed by atoms with Crippen molar-refractivity contribution in [3.8, 4) is 6.01 Å². The van der Waals surface area contributed by atoms with Crippen LogP contribution in [-0.2, 0) is 9.53 Å². The maximum Gasteiger partial charge on any atom is 0.316 e. The maximum absolute atomic E-state index is 12.5. The van der Waals surface area contributed by atoms with Crippen molar-refractivity contribution in [2.45, 2.75) is 18.8 Å². The van der Waals surface area contributed by atoms with Crippen molar-refractivity contribution >= 4 is 25.1 Å². The second-order valence-electron chi connectivity index (χ2n) is 5.59. The fraction of sp³-hybridized carbons (Fsp3) is 0.263. The molecule has 2 rings (SSSR count). The summed E-state index contributed by atoms with van der Waals surface area (Å²) in [5.74, 6) is 0.814. The summed E-state index contributed by atoms with van der Waals surface area (Å²) in [4.78, 5) is 19.8. The molecule has 7 heteroatoms. The van der Waals surface area contributed by atoms with Crippen molar-refractivity contribution in [3.05, 3.63) is 59.9 Å². The summed E-state index contributed by atoms with van der Waals surface area (Å²) in [6.45, 7) is 0. The van der Waals surface area contributed by atoms with Crippen molar-refractivity contribution in [1.82, 2.24) is 9.97 Å². The van der Waals surface area contributed by atoms with E-state index in [9.17, 15) is 9.90 Å². The van der Waals surface area contributed by atoms with Crippen LogP contribution in [0.25, 0.3) is 0 Å². The van der Waals surface area contributed by atoms with E-state index in [2.05, 4.69) is 16.3 Å². The highest BCUT2D eigenvalue weighted by Gasteiger charge is 2.18. The third-order valence-corrected chi connectivity index (χ3v) is 5.34. The summed E-state index contributed by atoms with van der Waals surface area (Å²) < 4.78 is 9.69. The second-order valence-corrected chi connectivity index (χ2v) is 7.30. The first kappa shape index (κ1) is 19.6. The summed E-state index contributed by atoms with van der Waals surface area (Å²) in [7, 11) is 1.86. The molecule has 1 unspecified atom stereocenters. The molecular weight excluding hydrogens is 351 g/mol. The van der Waals surface area contributed by atoms with Gasteiger partial charge in [0.05, 0.1) is 26.9 Å². The van der Waals surface area contributed by atoms with Gasteiger partial charge in [0.1, 0.15) is 5.82 Å². The molecule has 26 heavy (non-hydrogen) atoms. The Hall–Kier alpha value is -2.72. The number of carbonyl (C=O) groups excluding carboxylic acids is 1. The topological polar surface area (TPSA) is 84.4 Å². The Morgan fingerprint density at radius 1 is 1.23 bits per heavy atom. The SMILES string of the molecule is C=[P+](C=C([O-])C[C@@H](CC(=O)OC)c1cnc(OC)nc1)c1ccccc1. The van der Waals surface area contributed by atoms with Gasteiger partial charge in [0.25, 0.3) is 0 Å². The lowest BCUT2D eigenvalue weighted by Crippen LogP contribution is -2.14. The van der Waals surface area contributed by atoms with E-state index < -0.39 is 13.5 Å². The molecule has 0 aliphatic rings. The lowest BCUT2D eigenvalue weighted by Gasteiger charge is -2.19. The highest BCUT2D eigenvalue weighted by atomic mass is 31.1. The van der Waals surface area contributed by atoms with Crippen LogP contribution >= 0.6 is 7.55 Å². The minimum Gasteiger partial charge on any atom is -0.873 e. The summed E-state index contributed by atoms with van der Waals surface area (Å²) >= 11 is 0. The van der Waals surface area contributed by atoms with E-state index >= 15 is 0 Å². The fourth-order valence-corrected chi connectivity index (χ4v) is 3.56. The molecule has 0 fully saturated rings. The Labute approximate surface area is 153 Å². The number of methoxy groups -OCH3 is 2. The predicted molar refractivity (Wildman–Crippen MR) is 101 cm³/mol. The number of nitrogens with zero attached hydrogens (tertiary/aromatic N) is 2. The minimum absolute atomic E-state index is 0.0697. The minimum atomic E-state index is -0.938. The van der Waals surface area contributed by atoms with Crippen LogP contribution in [0.5, 0.6) is 6.01 Å². The highest BCUT2D eigenvalue weighted by Crippen LogP contribution is 2.29. The Balaban J connectivity index is 2.17. The van der Waals surface area contributed by atoms with Gasteiger partial charge in [-0.05, 0) is 24.1 Å². The highest BCUT2D eigenvalue weighted by molar-refractivity contribution is 7.66. The molecule has 0 aliphatic carbocycles. The van der Waals surface area contributed by atoms with Crippen LogP contribution in [-0.4, -0.2) is 36.5 Å². The number of esters is 1. The third-order valence-electron chi connectivity index (χ3n) is 3.78. The number of carbonyl (C=O) groups is 1. The second kappa shape index (κ2) is 9.68. The van der Waals surface area contributed by atoms with Gasteiger partial charge >= 0.3 is 12.0 Å². The third kappa shape index (κ3) is 5.67. The molecule has 136 valence electrons. The van der Waals surface area contributed by atoms with Crippen LogP contribution in [0.3, 0.4) is 0 Å². The van der Waals surface area contributed by atoms with Crippen molar-refractivity contribution < 1.29 is 19.4 Å². The summed E-state index contributed by atoms with van der Waals surface area (Å²) in [6, 6.07) is 9.89. The van der Waals surface area contributed by atoms with Crippen LogP contribution in [0.15, 0.2) is 54.3 Å². The maximum atomic E-state index is 12.5. The number of aromatic nitrogens is 2. The predicted octanol–water partition coefficient (Wildman–Crippen LogP) is 1.96. The van der Waals surface area contributed by atoms with Gasteiger partial charge in [-0.3, -0.25) is 4.79 Å². The number of allylic oxidation sites excluding steroid dienone is 1. The zero-order chi connectivity index (χ0) is 18.9. The summed E-state index contributed by atoms with van der Waals surface area (Å²) in [6.07, 6.45) is 7.45. The molecule has 2 aromatic rings. The van der Waals surface area contributed by atoms with Crippen LogP contribution in [0.4, 0.5) is 0 Å². The van der Waals surface area contributed by atoms with E-state index in [0.29, 0.717) is 5.56 Å². The van der Waals surface area contributed by atoms with Gasteiger partial charge in [0, 0.05) is 18.3 Å². The van der Waals surface area contributed by atoms with Gasteiger partial charge in [0.15, 0.2) is 12.8 Å². The fourth-order valence-electron chi connectivity index (χ4n) is 2.40. The van der Waals surface area contributed by atoms with E-state index in [4.69, 9.17) is 9.47 Å². The Kier molecular flexibility index (Phi) is 7.30. The molecule has 0 saturated carbocycles. The average Bonchev–Trinajstić information content (AvgIpc) is 2.68. The molecular formula is C19H21N2O4P. The molecule has 2 atom stereocenters.